The van der Waals surface area contributed by atoms with Gasteiger partial charge in [0.15, 0.2) is 0 Å². The van der Waals surface area contributed by atoms with E-state index in [9.17, 15) is 14.7 Å². The van der Waals surface area contributed by atoms with Crippen molar-refractivity contribution in [3.8, 4) is 0 Å². The van der Waals surface area contributed by atoms with Gasteiger partial charge in [-0.25, -0.2) is 0 Å². The SMILES string of the molecule is CCCCCC/C=C\CCCCCCCCC(=O)OC(CCCCCCCCCCCCCCCCC)CC(=O)O. The van der Waals surface area contributed by atoms with Crippen LogP contribution in [0, 0.1) is 0 Å². The highest BCUT2D eigenvalue weighted by molar-refractivity contribution is 5.71. The highest BCUT2D eigenvalue weighted by atomic mass is 16.5. The fourth-order valence-corrected chi connectivity index (χ4v) is 5.55. The topological polar surface area (TPSA) is 63.6 Å². The first-order chi connectivity index (χ1) is 20.1. The van der Waals surface area contributed by atoms with Crippen molar-refractivity contribution in [1.29, 1.82) is 0 Å². The third kappa shape index (κ3) is 33.1. The van der Waals surface area contributed by atoms with Crippen LogP contribution in [-0.2, 0) is 14.3 Å². The van der Waals surface area contributed by atoms with Crippen molar-refractivity contribution in [2.45, 2.75) is 213 Å². The van der Waals surface area contributed by atoms with Crippen molar-refractivity contribution >= 4 is 11.9 Å². The highest BCUT2D eigenvalue weighted by Crippen LogP contribution is 2.17. The molecule has 4 nitrogen and oxygen atoms in total. The van der Waals surface area contributed by atoms with E-state index in [2.05, 4.69) is 26.0 Å². The second kappa shape index (κ2) is 33.2. The number of carbonyl (C=O) groups excluding carboxylic acids is 1. The average Bonchev–Trinajstić information content (AvgIpc) is 2.95. The number of ether oxygens (including phenoxy) is 1. The first-order valence-electron chi connectivity index (χ1n) is 18.2. The van der Waals surface area contributed by atoms with Gasteiger partial charge in [0.2, 0.25) is 0 Å². The minimum atomic E-state index is -0.880. The molecule has 1 atom stereocenters. The summed E-state index contributed by atoms with van der Waals surface area (Å²) in [5.74, 6) is -1.10. The maximum atomic E-state index is 12.3. The van der Waals surface area contributed by atoms with E-state index in [1.807, 2.05) is 0 Å². The van der Waals surface area contributed by atoms with Crippen LogP contribution in [-0.4, -0.2) is 23.1 Å². The second-order valence-electron chi connectivity index (χ2n) is 12.4. The van der Waals surface area contributed by atoms with Gasteiger partial charge in [-0.05, 0) is 44.9 Å². The molecule has 0 aromatic carbocycles. The Morgan fingerprint density at radius 2 is 0.902 bits per heavy atom. The molecule has 0 amide bonds. The number of aliphatic carboxylic acids is 1. The first-order valence-corrected chi connectivity index (χ1v) is 18.2. The van der Waals surface area contributed by atoms with Crippen LogP contribution in [0.5, 0.6) is 0 Å². The van der Waals surface area contributed by atoms with Crippen LogP contribution in [0.4, 0.5) is 0 Å². The monoisotopic (exact) mass is 579 g/mol. The van der Waals surface area contributed by atoms with E-state index >= 15 is 0 Å². The van der Waals surface area contributed by atoms with Gasteiger partial charge in [-0.1, -0.05) is 161 Å². The van der Waals surface area contributed by atoms with Crippen molar-refractivity contribution in [3.05, 3.63) is 12.2 Å². The maximum Gasteiger partial charge on any atom is 0.307 e. The summed E-state index contributed by atoms with van der Waals surface area (Å²) in [4.78, 5) is 23.5. The van der Waals surface area contributed by atoms with Crippen molar-refractivity contribution in [1.82, 2.24) is 0 Å². The highest BCUT2D eigenvalue weighted by Gasteiger charge is 2.17. The van der Waals surface area contributed by atoms with Crippen molar-refractivity contribution in [2.24, 2.45) is 0 Å². The zero-order valence-electron chi connectivity index (χ0n) is 27.6. The third-order valence-corrected chi connectivity index (χ3v) is 8.22. The summed E-state index contributed by atoms with van der Waals surface area (Å²) in [6.07, 6.45) is 39.4. The van der Waals surface area contributed by atoms with Crippen LogP contribution < -0.4 is 0 Å². The summed E-state index contributed by atoms with van der Waals surface area (Å²) in [5, 5.41) is 9.24. The van der Waals surface area contributed by atoms with Gasteiger partial charge in [0, 0.05) is 6.42 Å². The van der Waals surface area contributed by atoms with Crippen molar-refractivity contribution in [3.63, 3.8) is 0 Å². The summed E-state index contributed by atoms with van der Waals surface area (Å²) in [5.41, 5.74) is 0. The predicted molar refractivity (Wildman–Crippen MR) is 177 cm³/mol. The number of carboxylic acids is 1. The molecule has 0 aromatic heterocycles. The lowest BCUT2D eigenvalue weighted by Crippen LogP contribution is -2.21. The minimum absolute atomic E-state index is 0.0719. The lowest BCUT2D eigenvalue weighted by molar-refractivity contribution is -0.153. The van der Waals surface area contributed by atoms with Crippen LogP contribution in [0.3, 0.4) is 0 Å². The number of esters is 1. The Labute approximate surface area is 255 Å². The number of allylic oxidation sites excluding steroid dienone is 2. The Balaban J connectivity index is 3.65. The molecule has 0 saturated carbocycles. The number of hydrogen-bond acceptors (Lipinski definition) is 3. The number of carboxylic acid groups (broad SMARTS) is 1. The standard InChI is InChI=1S/C37H70O4/c1-3-5-7-9-11-13-15-17-19-20-22-24-26-28-30-32-35(34-36(38)39)41-37(40)33-31-29-27-25-23-21-18-16-14-12-10-8-6-4-2/h14,16,35H,3-13,15,17-34H2,1-2H3,(H,38,39)/b16-14-. The molecule has 4 heteroatoms. The molecule has 1 unspecified atom stereocenters. The Bertz CT molecular complexity index is 585. The Kier molecular flexibility index (Phi) is 32.1. The van der Waals surface area contributed by atoms with Crippen molar-refractivity contribution in [2.75, 3.05) is 0 Å². The maximum absolute atomic E-state index is 12.3. The smallest absolute Gasteiger partial charge is 0.307 e. The van der Waals surface area contributed by atoms with Crippen LogP contribution >= 0.6 is 0 Å². The van der Waals surface area contributed by atoms with Crippen LogP contribution in [0.15, 0.2) is 12.2 Å². The molecule has 0 aliphatic heterocycles. The molecule has 41 heavy (non-hydrogen) atoms. The summed E-state index contributed by atoms with van der Waals surface area (Å²) >= 11 is 0. The van der Waals surface area contributed by atoms with E-state index in [0.29, 0.717) is 12.8 Å². The van der Waals surface area contributed by atoms with E-state index < -0.39 is 12.1 Å². The average molecular weight is 579 g/mol. The fraction of sp³-hybridized carbons (Fsp3) is 0.892. The summed E-state index contributed by atoms with van der Waals surface area (Å²) in [6.45, 7) is 4.52. The lowest BCUT2D eigenvalue weighted by atomic mass is 10.0. The summed E-state index contributed by atoms with van der Waals surface area (Å²) in [7, 11) is 0. The number of unbranched alkanes of at least 4 members (excludes halogenated alkanes) is 24. The quantitative estimate of drug-likeness (QED) is 0.0478. The van der Waals surface area contributed by atoms with Gasteiger partial charge in [0.05, 0.1) is 6.42 Å². The molecule has 0 spiro atoms. The van der Waals surface area contributed by atoms with E-state index in [-0.39, 0.29) is 12.4 Å². The number of carbonyl (C=O) groups is 2. The molecule has 0 heterocycles. The fourth-order valence-electron chi connectivity index (χ4n) is 5.55. The van der Waals surface area contributed by atoms with Crippen molar-refractivity contribution < 1.29 is 19.4 Å². The molecular weight excluding hydrogens is 508 g/mol. The molecule has 0 saturated heterocycles. The van der Waals surface area contributed by atoms with Gasteiger partial charge in [0.25, 0.3) is 0 Å². The van der Waals surface area contributed by atoms with E-state index in [0.717, 1.165) is 32.1 Å². The predicted octanol–water partition coefficient (Wildman–Crippen LogP) is 12.3. The van der Waals surface area contributed by atoms with Gasteiger partial charge in [0.1, 0.15) is 6.10 Å². The molecule has 0 aliphatic carbocycles. The summed E-state index contributed by atoms with van der Waals surface area (Å²) in [6, 6.07) is 0. The second-order valence-corrected chi connectivity index (χ2v) is 12.4. The van der Waals surface area contributed by atoms with Gasteiger partial charge in [-0.3, -0.25) is 9.59 Å². The van der Waals surface area contributed by atoms with Gasteiger partial charge >= 0.3 is 11.9 Å². The van der Waals surface area contributed by atoms with Crippen LogP contribution in [0.25, 0.3) is 0 Å². The summed E-state index contributed by atoms with van der Waals surface area (Å²) < 4.78 is 5.57. The molecule has 0 bridgehead atoms. The van der Waals surface area contributed by atoms with Gasteiger partial charge < -0.3 is 9.84 Å². The number of rotatable bonds is 33. The van der Waals surface area contributed by atoms with Gasteiger partial charge in [-0.15, -0.1) is 0 Å². The van der Waals surface area contributed by atoms with E-state index in [1.165, 1.54) is 141 Å². The molecule has 1 N–H and O–H groups in total. The largest absolute Gasteiger partial charge is 0.481 e. The third-order valence-electron chi connectivity index (χ3n) is 8.22. The van der Waals surface area contributed by atoms with Crippen LogP contribution in [0.1, 0.15) is 206 Å². The lowest BCUT2D eigenvalue weighted by Gasteiger charge is -2.16. The molecule has 0 aliphatic rings. The molecule has 242 valence electrons. The van der Waals surface area contributed by atoms with Crippen LogP contribution in [0.2, 0.25) is 0 Å². The molecular formula is C37H70O4. The van der Waals surface area contributed by atoms with E-state index in [1.54, 1.807) is 0 Å². The molecule has 0 radical (unpaired) electrons. The Hall–Kier alpha value is -1.32. The first kappa shape index (κ1) is 39.7. The zero-order chi connectivity index (χ0) is 30.1. The normalized spacial score (nSPS) is 12.2. The minimum Gasteiger partial charge on any atom is -0.481 e. The molecule has 0 aromatic rings. The van der Waals surface area contributed by atoms with Gasteiger partial charge in [-0.2, -0.15) is 0 Å². The number of hydrogen-bond donors (Lipinski definition) is 1. The Morgan fingerprint density at radius 3 is 1.34 bits per heavy atom. The molecule has 0 rings (SSSR count). The molecule has 0 fully saturated rings. The van der Waals surface area contributed by atoms with E-state index in [4.69, 9.17) is 4.74 Å². The Morgan fingerprint density at radius 1 is 0.537 bits per heavy atom. The zero-order valence-corrected chi connectivity index (χ0v) is 27.6.